The Balaban J connectivity index is 1.95. The smallest absolute Gasteiger partial charge is 0.312 e. The fourth-order valence-corrected chi connectivity index (χ4v) is 1.67. The molecule has 2 aromatic heterocycles. The fourth-order valence-electron chi connectivity index (χ4n) is 1.67. The molecule has 0 aliphatic carbocycles. The molecule has 8 heteroatoms. The first-order chi connectivity index (χ1) is 9.70. The van der Waals surface area contributed by atoms with Crippen molar-refractivity contribution in [3.05, 3.63) is 46.4 Å². The van der Waals surface area contributed by atoms with Gasteiger partial charge in [0.1, 0.15) is 6.07 Å². The molecule has 0 radical (unpaired) electrons. The lowest BCUT2D eigenvalue weighted by atomic mass is 10.2. The molecule has 0 fully saturated rings. The molecule has 1 N–H and O–H groups in total. The molecule has 102 valence electrons. The van der Waals surface area contributed by atoms with E-state index in [1.165, 1.54) is 12.3 Å². The minimum atomic E-state index is -0.552. The lowest BCUT2D eigenvalue weighted by Gasteiger charge is -2.06. The number of hydrogen-bond acceptors (Lipinski definition) is 6. The predicted molar refractivity (Wildman–Crippen MR) is 70.9 cm³/mol. The Labute approximate surface area is 114 Å². The van der Waals surface area contributed by atoms with Crippen LogP contribution in [-0.4, -0.2) is 26.2 Å². The van der Waals surface area contributed by atoms with Crippen LogP contribution in [0.4, 0.5) is 11.5 Å². The van der Waals surface area contributed by atoms with E-state index in [1.54, 1.807) is 10.9 Å². The molecule has 0 atom stereocenters. The van der Waals surface area contributed by atoms with Crippen LogP contribution in [0.15, 0.2) is 30.7 Å². The van der Waals surface area contributed by atoms with E-state index in [4.69, 9.17) is 5.26 Å². The molecule has 20 heavy (non-hydrogen) atoms. The number of anilines is 1. The molecule has 0 amide bonds. The Bertz CT molecular complexity index is 632. The van der Waals surface area contributed by atoms with E-state index in [2.05, 4.69) is 15.4 Å². The number of nitro groups is 1. The second kappa shape index (κ2) is 6.29. The quantitative estimate of drug-likeness (QED) is 0.485. The Morgan fingerprint density at radius 2 is 2.40 bits per heavy atom. The van der Waals surface area contributed by atoms with Gasteiger partial charge in [-0.15, -0.1) is 0 Å². The molecule has 2 heterocycles. The summed E-state index contributed by atoms with van der Waals surface area (Å²) in [7, 11) is 0. The monoisotopic (exact) mass is 272 g/mol. The zero-order chi connectivity index (χ0) is 14.4. The van der Waals surface area contributed by atoms with Crippen LogP contribution in [0.25, 0.3) is 0 Å². The van der Waals surface area contributed by atoms with Crippen molar-refractivity contribution < 1.29 is 4.92 Å². The first-order valence-corrected chi connectivity index (χ1v) is 5.96. The van der Waals surface area contributed by atoms with Crippen molar-refractivity contribution in [3.63, 3.8) is 0 Å². The minimum absolute atomic E-state index is 0.166. The van der Waals surface area contributed by atoms with Gasteiger partial charge in [0.25, 0.3) is 0 Å². The summed E-state index contributed by atoms with van der Waals surface area (Å²) < 4.78 is 1.78. The molecule has 0 aliphatic heterocycles. The second-order valence-corrected chi connectivity index (χ2v) is 4.01. The summed E-state index contributed by atoms with van der Waals surface area (Å²) in [6.07, 6.45) is 5.60. The Kier molecular flexibility index (Phi) is 4.24. The maximum atomic E-state index is 10.9. The highest BCUT2D eigenvalue weighted by Crippen LogP contribution is 2.22. The van der Waals surface area contributed by atoms with E-state index < -0.39 is 4.92 Å². The average molecular weight is 272 g/mol. The maximum Gasteiger partial charge on any atom is 0.312 e. The van der Waals surface area contributed by atoms with Crippen molar-refractivity contribution in [2.75, 3.05) is 11.9 Å². The number of nitriles is 1. The summed E-state index contributed by atoms with van der Waals surface area (Å²) in [6, 6.07) is 4.87. The van der Waals surface area contributed by atoms with Crippen LogP contribution in [0.2, 0.25) is 0 Å². The van der Waals surface area contributed by atoms with Crippen molar-refractivity contribution in [3.8, 4) is 6.07 Å². The standard InChI is InChI=1S/C12H12N6O2/c13-8-10-7-11(18(19)20)12(15-9-10)14-3-1-5-17-6-2-4-16-17/h2,4,6-7,9H,1,3,5H2,(H,14,15). The molecule has 2 rings (SSSR count). The van der Waals surface area contributed by atoms with E-state index >= 15 is 0 Å². The first kappa shape index (κ1) is 13.5. The van der Waals surface area contributed by atoms with Crippen LogP contribution in [0.3, 0.4) is 0 Å². The molecule has 2 aromatic rings. The van der Waals surface area contributed by atoms with Crippen molar-refractivity contribution in [2.24, 2.45) is 0 Å². The zero-order valence-corrected chi connectivity index (χ0v) is 10.6. The highest BCUT2D eigenvalue weighted by Gasteiger charge is 2.15. The molecule has 0 unspecified atom stereocenters. The first-order valence-electron chi connectivity index (χ1n) is 5.96. The third-order valence-corrected chi connectivity index (χ3v) is 2.61. The van der Waals surface area contributed by atoms with Crippen molar-refractivity contribution in [1.29, 1.82) is 5.26 Å². The summed E-state index contributed by atoms with van der Waals surface area (Å²) in [5.41, 5.74) is -0.0260. The van der Waals surface area contributed by atoms with E-state index in [9.17, 15) is 10.1 Å². The molecule has 0 bridgehead atoms. The maximum absolute atomic E-state index is 10.9. The number of nitrogens with zero attached hydrogens (tertiary/aromatic N) is 5. The van der Waals surface area contributed by atoms with E-state index in [-0.39, 0.29) is 17.1 Å². The van der Waals surface area contributed by atoms with Gasteiger partial charge in [-0.2, -0.15) is 10.4 Å². The second-order valence-electron chi connectivity index (χ2n) is 4.01. The highest BCUT2D eigenvalue weighted by molar-refractivity contribution is 5.58. The van der Waals surface area contributed by atoms with Crippen molar-refractivity contribution in [1.82, 2.24) is 14.8 Å². The normalized spacial score (nSPS) is 9.95. The summed E-state index contributed by atoms with van der Waals surface area (Å²) in [6.45, 7) is 1.24. The third-order valence-electron chi connectivity index (χ3n) is 2.61. The van der Waals surface area contributed by atoms with Crippen LogP contribution >= 0.6 is 0 Å². The molecule has 0 saturated heterocycles. The summed E-state index contributed by atoms with van der Waals surface area (Å²) in [5.74, 6) is 0.175. The topological polar surface area (TPSA) is 110 Å². The van der Waals surface area contributed by atoms with Crippen molar-refractivity contribution in [2.45, 2.75) is 13.0 Å². The highest BCUT2D eigenvalue weighted by atomic mass is 16.6. The van der Waals surface area contributed by atoms with Gasteiger partial charge in [0.05, 0.1) is 10.5 Å². The number of aryl methyl sites for hydroxylation is 1. The summed E-state index contributed by atoms with van der Waals surface area (Å²) in [4.78, 5) is 14.3. The van der Waals surface area contributed by atoms with Crippen LogP contribution in [-0.2, 0) is 6.54 Å². The third kappa shape index (κ3) is 3.29. The van der Waals surface area contributed by atoms with Gasteiger partial charge in [-0.25, -0.2) is 4.98 Å². The minimum Gasteiger partial charge on any atom is -0.364 e. The van der Waals surface area contributed by atoms with Gasteiger partial charge >= 0.3 is 5.69 Å². The fraction of sp³-hybridized carbons (Fsp3) is 0.250. The van der Waals surface area contributed by atoms with Crippen molar-refractivity contribution >= 4 is 11.5 Å². The molecular formula is C12H12N6O2. The van der Waals surface area contributed by atoms with E-state index in [1.807, 2.05) is 18.3 Å². The lowest BCUT2D eigenvalue weighted by Crippen LogP contribution is -2.09. The Morgan fingerprint density at radius 3 is 3.05 bits per heavy atom. The summed E-state index contributed by atoms with van der Waals surface area (Å²) in [5, 5.41) is 26.6. The van der Waals surface area contributed by atoms with Gasteiger partial charge in [0, 0.05) is 37.7 Å². The molecular weight excluding hydrogens is 260 g/mol. The molecule has 0 aromatic carbocycles. The Hall–Kier alpha value is -2.95. The van der Waals surface area contributed by atoms with Gasteiger partial charge < -0.3 is 5.32 Å². The van der Waals surface area contributed by atoms with Gasteiger partial charge in [-0.3, -0.25) is 14.8 Å². The van der Waals surface area contributed by atoms with Crippen LogP contribution < -0.4 is 5.32 Å². The largest absolute Gasteiger partial charge is 0.364 e. The number of hydrogen-bond donors (Lipinski definition) is 1. The van der Waals surface area contributed by atoms with Gasteiger partial charge in [-0.1, -0.05) is 0 Å². The van der Waals surface area contributed by atoms with Gasteiger partial charge in [-0.05, 0) is 12.5 Å². The number of pyridine rings is 1. The number of nitrogens with one attached hydrogen (secondary N) is 1. The Morgan fingerprint density at radius 1 is 1.55 bits per heavy atom. The summed E-state index contributed by atoms with van der Waals surface area (Å²) >= 11 is 0. The number of aromatic nitrogens is 3. The van der Waals surface area contributed by atoms with Gasteiger partial charge in [0.2, 0.25) is 5.82 Å². The molecule has 0 spiro atoms. The number of rotatable bonds is 6. The zero-order valence-electron chi connectivity index (χ0n) is 10.6. The molecule has 8 nitrogen and oxygen atoms in total. The van der Waals surface area contributed by atoms with Gasteiger partial charge in [0.15, 0.2) is 0 Å². The van der Waals surface area contributed by atoms with E-state index in [0.29, 0.717) is 13.1 Å². The SMILES string of the molecule is N#Cc1cnc(NCCCn2cccn2)c([N+](=O)[O-])c1. The average Bonchev–Trinajstić information content (AvgIpc) is 2.96. The van der Waals surface area contributed by atoms with Crippen LogP contribution in [0, 0.1) is 21.4 Å². The predicted octanol–water partition coefficient (Wildman–Crippen LogP) is 1.56. The van der Waals surface area contributed by atoms with Crippen LogP contribution in [0.5, 0.6) is 0 Å². The lowest BCUT2D eigenvalue weighted by molar-refractivity contribution is -0.384. The molecule has 0 aliphatic rings. The van der Waals surface area contributed by atoms with Crippen LogP contribution in [0.1, 0.15) is 12.0 Å². The molecule has 0 saturated carbocycles. The van der Waals surface area contributed by atoms with E-state index in [0.717, 1.165) is 6.42 Å².